The normalized spacial score (nSPS) is 13.7. The van der Waals surface area contributed by atoms with Crippen molar-refractivity contribution in [2.24, 2.45) is 0 Å². The molecule has 4 heteroatoms. The topological polar surface area (TPSA) is 38.0 Å². The molecule has 21 heavy (non-hydrogen) atoms. The van der Waals surface area contributed by atoms with E-state index in [1.807, 2.05) is 32.0 Å². The molecule has 1 aromatic heterocycles. The lowest BCUT2D eigenvalue weighted by Gasteiger charge is -2.26. The molecule has 1 heterocycles. The lowest BCUT2D eigenvalue weighted by atomic mass is 9.82. The Kier molecular flexibility index (Phi) is 4.45. The van der Waals surface area contributed by atoms with Crippen molar-refractivity contribution in [1.82, 2.24) is 9.78 Å². The Morgan fingerprint density at radius 1 is 1.19 bits per heavy atom. The summed E-state index contributed by atoms with van der Waals surface area (Å²) in [7, 11) is 0. The fourth-order valence-electron chi connectivity index (χ4n) is 2.58. The Balaban J connectivity index is 2.56. The third-order valence-corrected chi connectivity index (χ3v) is 3.89. The zero-order valence-electron chi connectivity index (χ0n) is 13.3. The molecule has 0 bridgehead atoms. The molecule has 0 saturated carbocycles. The van der Waals surface area contributed by atoms with Crippen molar-refractivity contribution in [2.75, 3.05) is 0 Å². The van der Waals surface area contributed by atoms with E-state index in [0.29, 0.717) is 10.7 Å². The summed E-state index contributed by atoms with van der Waals surface area (Å²) in [5, 5.41) is 15.7. The van der Waals surface area contributed by atoms with Crippen LogP contribution in [0.25, 0.3) is 0 Å². The van der Waals surface area contributed by atoms with Crippen LogP contribution in [0.3, 0.4) is 0 Å². The fraction of sp³-hybridized carbons (Fsp3) is 0.471. The van der Waals surface area contributed by atoms with Crippen LogP contribution >= 0.6 is 11.6 Å². The predicted octanol–water partition coefficient (Wildman–Crippen LogP) is 4.50. The number of hydrogen-bond donors (Lipinski definition) is 1. The number of hydrogen-bond acceptors (Lipinski definition) is 2. The molecule has 1 aromatic carbocycles. The van der Waals surface area contributed by atoms with Gasteiger partial charge in [0.2, 0.25) is 0 Å². The highest BCUT2D eigenvalue weighted by Gasteiger charge is 2.26. The van der Waals surface area contributed by atoms with E-state index in [4.69, 9.17) is 11.6 Å². The van der Waals surface area contributed by atoms with Gasteiger partial charge in [0.15, 0.2) is 0 Å². The van der Waals surface area contributed by atoms with Crippen molar-refractivity contribution in [2.45, 2.75) is 52.2 Å². The van der Waals surface area contributed by atoms with Crippen LogP contribution in [0, 0.1) is 0 Å². The Morgan fingerprint density at radius 2 is 1.81 bits per heavy atom. The van der Waals surface area contributed by atoms with Crippen LogP contribution in [0.15, 0.2) is 30.5 Å². The number of aromatic nitrogens is 2. The summed E-state index contributed by atoms with van der Waals surface area (Å²) in [4.78, 5) is 0. The molecule has 2 aromatic rings. The summed E-state index contributed by atoms with van der Waals surface area (Å²) in [6.07, 6.45) is 0.817. The molecule has 0 fully saturated rings. The van der Waals surface area contributed by atoms with Crippen molar-refractivity contribution in [3.8, 4) is 0 Å². The lowest BCUT2D eigenvalue weighted by molar-refractivity contribution is 0.202. The Hall–Kier alpha value is -1.32. The highest BCUT2D eigenvalue weighted by molar-refractivity contribution is 6.31. The van der Waals surface area contributed by atoms with Crippen LogP contribution in [0.4, 0.5) is 0 Å². The Bertz CT molecular complexity index is 626. The first-order chi connectivity index (χ1) is 9.73. The van der Waals surface area contributed by atoms with Gasteiger partial charge in [-0.1, -0.05) is 56.6 Å². The molecular weight excluding hydrogens is 284 g/mol. The predicted molar refractivity (Wildman–Crippen MR) is 86.8 cm³/mol. The number of rotatable bonds is 3. The van der Waals surface area contributed by atoms with Crippen molar-refractivity contribution >= 4 is 11.6 Å². The molecule has 0 aliphatic heterocycles. The summed E-state index contributed by atoms with van der Waals surface area (Å²) in [6.45, 7) is 10.5. The summed E-state index contributed by atoms with van der Waals surface area (Å²) in [5.41, 5.74) is 2.61. The molecule has 0 radical (unpaired) electrons. The maximum absolute atomic E-state index is 10.9. The van der Waals surface area contributed by atoms with Crippen LogP contribution in [0.1, 0.15) is 63.6 Å². The van der Waals surface area contributed by atoms with E-state index in [2.05, 4.69) is 31.9 Å². The molecule has 0 aliphatic carbocycles. The average molecular weight is 307 g/mol. The monoisotopic (exact) mass is 306 g/mol. The van der Waals surface area contributed by atoms with E-state index in [9.17, 15) is 5.11 Å². The van der Waals surface area contributed by atoms with Crippen LogP contribution < -0.4 is 0 Å². The summed E-state index contributed by atoms with van der Waals surface area (Å²) in [6, 6.07) is 8.10. The van der Waals surface area contributed by atoms with E-state index in [1.165, 1.54) is 0 Å². The van der Waals surface area contributed by atoms with E-state index in [1.54, 1.807) is 10.9 Å². The van der Waals surface area contributed by atoms with Crippen LogP contribution in [0.2, 0.25) is 5.02 Å². The second kappa shape index (κ2) is 5.82. The van der Waals surface area contributed by atoms with Crippen molar-refractivity contribution in [3.05, 3.63) is 52.3 Å². The fourth-order valence-corrected chi connectivity index (χ4v) is 2.82. The number of aliphatic hydroxyl groups is 1. The van der Waals surface area contributed by atoms with Gasteiger partial charge in [-0.3, -0.25) is 4.68 Å². The number of aliphatic hydroxyl groups excluding tert-OH is 1. The van der Waals surface area contributed by atoms with Gasteiger partial charge in [0, 0.05) is 6.04 Å². The number of nitrogens with zero attached hydrogens (tertiary/aromatic N) is 2. The standard InChI is InChI=1S/C17H23ClN2O/c1-11(2)20-15(14(18)10-19-20)16(21)12-8-6-7-9-13(12)17(3,4)5/h6-11,16,21H,1-5H3. The Morgan fingerprint density at radius 3 is 2.38 bits per heavy atom. The SMILES string of the molecule is CC(C)n1ncc(Cl)c1C(O)c1ccccc1C(C)(C)C. The first kappa shape index (κ1) is 16.1. The zero-order chi connectivity index (χ0) is 15.8. The van der Waals surface area contributed by atoms with Gasteiger partial charge in [-0.25, -0.2) is 0 Å². The third kappa shape index (κ3) is 3.14. The molecule has 2 rings (SSSR count). The first-order valence-electron chi connectivity index (χ1n) is 7.24. The van der Waals surface area contributed by atoms with Gasteiger partial charge in [-0.05, 0) is 30.4 Å². The third-order valence-electron chi connectivity index (χ3n) is 3.60. The molecule has 1 atom stereocenters. The van der Waals surface area contributed by atoms with E-state index in [0.717, 1.165) is 11.1 Å². The first-order valence-corrected chi connectivity index (χ1v) is 7.61. The van der Waals surface area contributed by atoms with Gasteiger partial charge in [0.05, 0.1) is 16.9 Å². The minimum Gasteiger partial charge on any atom is -0.382 e. The summed E-state index contributed by atoms with van der Waals surface area (Å²) in [5.74, 6) is 0. The van der Waals surface area contributed by atoms with Crippen molar-refractivity contribution < 1.29 is 5.11 Å². The number of halogens is 1. The Labute approximate surface area is 131 Å². The van der Waals surface area contributed by atoms with Crippen LogP contribution in [-0.2, 0) is 5.41 Å². The van der Waals surface area contributed by atoms with Gasteiger partial charge >= 0.3 is 0 Å². The highest BCUT2D eigenvalue weighted by atomic mass is 35.5. The van der Waals surface area contributed by atoms with E-state index < -0.39 is 6.10 Å². The molecule has 3 nitrogen and oxygen atoms in total. The maximum atomic E-state index is 10.9. The molecule has 0 spiro atoms. The lowest BCUT2D eigenvalue weighted by Crippen LogP contribution is -2.19. The second-order valence-electron chi connectivity index (χ2n) is 6.66. The van der Waals surface area contributed by atoms with E-state index in [-0.39, 0.29) is 11.5 Å². The molecule has 1 N–H and O–H groups in total. The molecule has 0 saturated heterocycles. The minimum atomic E-state index is -0.780. The van der Waals surface area contributed by atoms with Gasteiger partial charge in [-0.15, -0.1) is 0 Å². The summed E-state index contributed by atoms with van der Waals surface area (Å²) >= 11 is 6.26. The van der Waals surface area contributed by atoms with Crippen molar-refractivity contribution in [3.63, 3.8) is 0 Å². The molecular formula is C17H23ClN2O. The van der Waals surface area contributed by atoms with Gasteiger partial charge in [0.25, 0.3) is 0 Å². The number of benzene rings is 1. The maximum Gasteiger partial charge on any atom is 0.122 e. The zero-order valence-corrected chi connectivity index (χ0v) is 14.0. The van der Waals surface area contributed by atoms with Gasteiger partial charge in [0.1, 0.15) is 6.10 Å². The quantitative estimate of drug-likeness (QED) is 0.907. The minimum absolute atomic E-state index is 0.0489. The molecule has 0 amide bonds. The van der Waals surface area contributed by atoms with E-state index >= 15 is 0 Å². The smallest absolute Gasteiger partial charge is 0.122 e. The van der Waals surface area contributed by atoms with Crippen LogP contribution in [0.5, 0.6) is 0 Å². The largest absolute Gasteiger partial charge is 0.382 e. The second-order valence-corrected chi connectivity index (χ2v) is 7.06. The van der Waals surface area contributed by atoms with Gasteiger partial charge < -0.3 is 5.11 Å². The molecule has 0 aliphatic rings. The van der Waals surface area contributed by atoms with Gasteiger partial charge in [-0.2, -0.15) is 5.10 Å². The summed E-state index contributed by atoms with van der Waals surface area (Å²) < 4.78 is 1.78. The highest BCUT2D eigenvalue weighted by Crippen LogP contribution is 2.35. The van der Waals surface area contributed by atoms with Crippen LogP contribution in [-0.4, -0.2) is 14.9 Å². The van der Waals surface area contributed by atoms with Crippen molar-refractivity contribution in [1.29, 1.82) is 0 Å². The molecule has 114 valence electrons. The average Bonchev–Trinajstić information content (AvgIpc) is 2.79. The molecule has 1 unspecified atom stereocenters.